The molecule has 1 N–H and O–H groups in total. The van der Waals surface area contributed by atoms with E-state index in [9.17, 15) is 8.42 Å². The lowest BCUT2D eigenvalue weighted by atomic mass is 10.1. The summed E-state index contributed by atoms with van der Waals surface area (Å²) in [6, 6.07) is 10.1. The van der Waals surface area contributed by atoms with Gasteiger partial charge in [-0.1, -0.05) is 18.2 Å². The number of hydrogen-bond acceptors (Lipinski definition) is 5. The molecule has 0 unspecified atom stereocenters. The molecule has 1 aromatic heterocycles. The zero-order valence-electron chi connectivity index (χ0n) is 18.3. The Balaban J connectivity index is 0.00000341. The Morgan fingerprint density at radius 2 is 1.90 bits per heavy atom. The Morgan fingerprint density at radius 3 is 2.58 bits per heavy atom. The molecule has 172 valence electrons. The Bertz CT molecular complexity index is 971. The predicted octanol–water partition coefficient (Wildman–Crippen LogP) is 2.30. The molecule has 0 aliphatic carbocycles. The molecular formula is C21H32IN5O3S. The Morgan fingerprint density at radius 1 is 1.19 bits per heavy atom. The van der Waals surface area contributed by atoms with Gasteiger partial charge in [0, 0.05) is 51.4 Å². The summed E-state index contributed by atoms with van der Waals surface area (Å²) in [6.07, 6.45) is 1.85. The zero-order valence-corrected chi connectivity index (χ0v) is 21.5. The van der Waals surface area contributed by atoms with Crippen LogP contribution in [0.4, 0.5) is 0 Å². The minimum atomic E-state index is -3.30. The molecule has 0 spiro atoms. The largest absolute Gasteiger partial charge is 0.378 e. The van der Waals surface area contributed by atoms with Crippen LogP contribution in [0.3, 0.4) is 0 Å². The molecule has 2 aromatic rings. The van der Waals surface area contributed by atoms with Crippen molar-refractivity contribution in [1.82, 2.24) is 19.5 Å². The number of benzene rings is 1. The fourth-order valence-corrected chi connectivity index (χ4v) is 4.80. The molecule has 1 aliphatic rings. The van der Waals surface area contributed by atoms with Gasteiger partial charge in [-0.2, -0.15) is 4.31 Å². The van der Waals surface area contributed by atoms with Crippen molar-refractivity contribution in [3.8, 4) is 0 Å². The fourth-order valence-electron chi connectivity index (χ4n) is 3.51. The lowest BCUT2D eigenvalue weighted by molar-refractivity contribution is 0.0904. The van der Waals surface area contributed by atoms with Gasteiger partial charge in [-0.15, -0.1) is 24.0 Å². The number of rotatable bonds is 7. The van der Waals surface area contributed by atoms with Gasteiger partial charge in [0.1, 0.15) is 0 Å². The van der Waals surface area contributed by atoms with Crippen LogP contribution in [-0.2, 0) is 21.3 Å². The first-order valence-electron chi connectivity index (χ1n) is 10.3. The smallest absolute Gasteiger partial charge is 0.216 e. The van der Waals surface area contributed by atoms with Gasteiger partial charge in [-0.05, 0) is 31.5 Å². The molecule has 2 heterocycles. The van der Waals surface area contributed by atoms with Crippen LogP contribution in [0.2, 0.25) is 0 Å². The Kier molecular flexibility index (Phi) is 9.91. The summed E-state index contributed by atoms with van der Waals surface area (Å²) in [5.41, 5.74) is 2.11. The first-order chi connectivity index (χ1) is 14.4. The zero-order chi connectivity index (χ0) is 21.6. The number of para-hydroxylation sites is 1. The molecule has 8 nitrogen and oxygen atoms in total. The van der Waals surface area contributed by atoms with E-state index in [4.69, 9.17) is 4.74 Å². The van der Waals surface area contributed by atoms with Crippen LogP contribution in [0.1, 0.15) is 19.4 Å². The Hall–Kier alpha value is -1.50. The highest BCUT2D eigenvalue weighted by atomic mass is 127. The molecule has 1 fully saturated rings. The van der Waals surface area contributed by atoms with Gasteiger partial charge >= 0.3 is 0 Å². The second kappa shape index (κ2) is 11.9. The molecule has 1 saturated heterocycles. The van der Waals surface area contributed by atoms with Gasteiger partial charge < -0.3 is 15.0 Å². The van der Waals surface area contributed by atoms with Crippen molar-refractivity contribution >= 4 is 50.9 Å². The molecule has 1 aromatic carbocycles. The molecule has 0 amide bonds. The van der Waals surface area contributed by atoms with E-state index in [1.54, 1.807) is 11.4 Å². The van der Waals surface area contributed by atoms with Crippen LogP contribution in [0.5, 0.6) is 0 Å². The summed E-state index contributed by atoms with van der Waals surface area (Å²) in [6.45, 7) is 6.75. The van der Waals surface area contributed by atoms with Gasteiger partial charge in [0.05, 0.1) is 24.0 Å². The number of nitrogens with zero attached hydrogens (tertiary/aromatic N) is 4. The number of fused-ring (bicyclic) bond motifs is 1. The third kappa shape index (κ3) is 6.99. The van der Waals surface area contributed by atoms with Crippen molar-refractivity contribution < 1.29 is 13.2 Å². The summed E-state index contributed by atoms with van der Waals surface area (Å²) >= 11 is 0. The minimum absolute atomic E-state index is 0. The third-order valence-electron chi connectivity index (χ3n) is 5.11. The third-order valence-corrected chi connectivity index (χ3v) is 6.95. The molecule has 0 atom stereocenters. The summed E-state index contributed by atoms with van der Waals surface area (Å²) < 4.78 is 32.0. The first-order valence-corrected chi connectivity index (χ1v) is 11.9. The van der Waals surface area contributed by atoms with Crippen LogP contribution in [0.15, 0.2) is 41.5 Å². The molecule has 0 bridgehead atoms. The number of sulfonamides is 1. The molecular weight excluding hydrogens is 529 g/mol. The number of aromatic nitrogens is 1. The quantitative estimate of drug-likeness (QED) is 0.317. The summed E-state index contributed by atoms with van der Waals surface area (Å²) in [5.74, 6) is 0.795. The average molecular weight is 561 g/mol. The van der Waals surface area contributed by atoms with Gasteiger partial charge in [0.2, 0.25) is 10.0 Å². The van der Waals surface area contributed by atoms with Crippen LogP contribution in [0.25, 0.3) is 10.9 Å². The second-order valence-corrected chi connectivity index (χ2v) is 9.60. The van der Waals surface area contributed by atoms with E-state index in [-0.39, 0.29) is 42.4 Å². The van der Waals surface area contributed by atoms with E-state index >= 15 is 0 Å². The SMILES string of the molecule is CN=C(NCc1ccnc2ccccc12)N1CCN(S(=O)(=O)CCOC(C)C)CC1.I. The normalized spacial score (nSPS) is 15.9. The first kappa shape index (κ1) is 25.8. The van der Waals surface area contributed by atoms with E-state index in [0.717, 1.165) is 22.4 Å². The van der Waals surface area contributed by atoms with Crippen molar-refractivity contribution in [2.75, 3.05) is 45.6 Å². The number of hydrogen-bond donors (Lipinski definition) is 1. The maximum Gasteiger partial charge on any atom is 0.216 e. The number of aliphatic imine (C=N–C) groups is 1. The summed E-state index contributed by atoms with van der Waals surface area (Å²) in [5, 5.41) is 4.52. The van der Waals surface area contributed by atoms with Gasteiger partial charge in [0.25, 0.3) is 0 Å². The van der Waals surface area contributed by atoms with E-state index in [1.807, 2.05) is 44.3 Å². The fraction of sp³-hybridized carbons (Fsp3) is 0.524. The second-order valence-electron chi connectivity index (χ2n) is 7.51. The van der Waals surface area contributed by atoms with Crippen LogP contribution in [0, 0.1) is 0 Å². The number of ether oxygens (including phenoxy) is 1. The van der Waals surface area contributed by atoms with E-state index in [2.05, 4.69) is 26.3 Å². The van der Waals surface area contributed by atoms with E-state index in [1.165, 1.54) is 0 Å². The molecule has 3 rings (SSSR count). The van der Waals surface area contributed by atoms with Gasteiger partial charge in [0.15, 0.2) is 5.96 Å². The lowest BCUT2D eigenvalue weighted by Crippen LogP contribution is -2.54. The molecule has 1 aliphatic heterocycles. The Labute approximate surface area is 202 Å². The standard InChI is InChI=1S/C21H31N5O3S.HI/c1-17(2)29-14-15-30(27,28)26-12-10-25(11-13-26)21(22-3)24-16-18-8-9-23-20-7-5-4-6-19(18)20;/h4-9,17H,10-16H2,1-3H3,(H,22,24);1H. The van der Waals surface area contributed by atoms with Crippen LogP contribution < -0.4 is 5.32 Å². The maximum absolute atomic E-state index is 12.5. The van der Waals surface area contributed by atoms with Crippen molar-refractivity contribution in [2.45, 2.75) is 26.5 Å². The monoisotopic (exact) mass is 561 g/mol. The summed E-state index contributed by atoms with van der Waals surface area (Å²) in [4.78, 5) is 10.9. The minimum Gasteiger partial charge on any atom is -0.378 e. The maximum atomic E-state index is 12.5. The molecule has 0 radical (unpaired) electrons. The summed E-state index contributed by atoms with van der Waals surface area (Å²) in [7, 11) is -1.55. The average Bonchev–Trinajstić information content (AvgIpc) is 2.74. The van der Waals surface area contributed by atoms with Crippen LogP contribution in [-0.4, -0.2) is 80.3 Å². The number of piperazine rings is 1. The number of guanidine groups is 1. The van der Waals surface area contributed by atoms with Crippen molar-refractivity contribution in [3.63, 3.8) is 0 Å². The van der Waals surface area contributed by atoms with Crippen molar-refractivity contribution in [3.05, 3.63) is 42.1 Å². The van der Waals surface area contributed by atoms with Crippen molar-refractivity contribution in [2.24, 2.45) is 4.99 Å². The highest BCUT2D eigenvalue weighted by molar-refractivity contribution is 14.0. The lowest BCUT2D eigenvalue weighted by Gasteiger charge is -2.35. The molecule has 10 heteroatoms. The topological polar surface area (TPSA) is 87.1 Å². The van der Waals surface area contributed by atoms with E-state index < -0.39 is 10.0 Å². The number of nitrogens with one attached hydrogen (secondary N) is 1. The number of halogens is 1. The molecule has 0 saturated carbocycles. The van der Waals surface area contributed by atoms with Crippen LogP contribution >= 0.6 is 24.0 Å². The number of pyridine rings is 1. The van der Waals surface area contributed by atoms with Gasteiger partial charge in [-0.3, -0.25) is 9.98 Å². The predicted molar refractivity (Wildman–Crippen MR) is 135 cm³/mol. The molecule has 31 heavy (non-hydrogen) atoms. The van der Waals surface area contributed by atoms with E-state index in [0.29, 0.717) is 32.7 Å². The highest BCUT2D eigenvalue weighted by Gasteiger charge is 2.28. The van der Waals surface area contributed by atoms with Crippen molar-refractivity contribution in [1.29, 1.82) is 0 Å². The van der Waals surface area contributed by atoms with Gasteiger partial charge in [-0.25, -0.2) is 8.42 Å². The highest BCUT2D eigenvalue weighted by Crippen LogP contribution is 2.16.